The first-order valence-electron chi connectivity index (χ1n) is 10.7. The van der Waals surface area contributed by atoms with Crippen LogP contribution in [0, 0.1) is 24.0 Å². The Kier molecular flexibility index (Phi) is 6.48. The Morgan fingerprint density at radius 2 is 1.40 bits per heavy atom. The van der Waals surface area contributed by atoms with Crippen LogP contribution in [0.5, 0.6) is 5.75 Å². The van der Waals surface area contributed by atoms with E-state index in [1.54, 1.807) is 13.0 Å². The number of carbonyl (C=O) groups is 1. The van der Waals surface area contributed by atoms with Crippen LogP contribution < -0.4 is 4.74 Å². The van der Waals surface area contributed by atoms with Crippen molar-refractivity contribution in [1.29, 1.82) is 0 Å². The maximum Gasteiger partial charge on any atom is 0.344 e. The molecule has 0 fully saturated rings. The van der Waals surface area contributed by atoms with E-state index in [2.05, 4.69) is 0 Å². The van der Waals surface area contributed by atoms with Crippen LogP contribution in [0.2, 0.25) is 0 Å². The van der Waals surface area contributed by atoms with E-state index in [1.165, 1.54) is 36.4 Å². The van der Waals surface area contributed by atoms with E-state index in [-0.39, 0.29) is 16.2 Å². The first kappa shape index (κ1) is 23.8. The fourth-order valence-corrected chi connectivity index (χ4v) is 5.28. The molecule has 8 heteroatoms. The molecule has 7 nitrogen and oxygen atoms in total. The molecule has 0 radical (unpaired) electrons. The lowest BCUT2D eigenvalue weighted by Crippen LogP contribution is -2.15. The summed E-state index contributed by atoms with van der Waals surface area (Å²) in [5.74, 6) is -0.599. The molecule has 4 rings (SSSR count). The zero-order valence-electron chi connectivity index (χ0n) is 19.0. The molecular formula is C27H21NO6S. The molecule has 0 saturated heterocycles. The van der Waals surface area contributed by atoms with Gasteiger partial charge in [-0.15, -0.1) is 0 Å². The Labute approximate surface area is 202 Å². The van der Waals surface area contributed by atoms with E-state index in [0.29, 0.717) is 5.56 Å². The van der Waals surface area contributed by atoms with Gasteiger partial charge in [-0.2, -0.15) is 0 Å². The number of ether oxygens (including phenoxy) is 1. The predicted octanol–water partition coefficient (Wildman–Crippen LogP) is 5.93. The normalized spacial score (nSPS) is 11.1. The van der Waals surface area contributed by atoms with Crippen molar-refractivity contribution in [3.63, 3.8) is 0 Å². The number of benzene rings is 4. The van der Waals surface area contributed by atoms with Crippen molar-refractivity contribution in [1.82, 2.24) is 0 Å². The number of nitro benzene ring substituents is 1. The third-order valence-corrected chi connectivity index (χ3v) is 7.37. The van der Waals surface area contributed by atoms with Gasteiger partial charge in [0.15, 0.2) is 0 Å². The number of nitro groups is 1. The minimum Gasteiger partial charge on any atom is -0.423 e. The summed E-state index contributed by atoms with van der Waals surface area (Å²) in [6.07, 6.45) is 0. The number of hydrogen-bond acceptors (Lipinski definition) is 6. The first-order valence-corrected chi connectivity index (χ1v) is 12.1. The van der Waals surface area contributed by atoms with E-state index in [0.717, 1.165) is 28.8 Å². The molecule has 35 heavy (non-hydrogen) atoms. The van der Waals surface area contributed by atoms with Gasteiger partial charge < -0.3 is 4.74 Å². The summed E-state index contributed by atoms with van der Waals surface area (Å²) < 4.78 is 32.2. The van der Waals surface area contributed by atoms with Crippen molar-refractivity contribution in [2.45, 2.75) is 23.6 Å². The van der Waals surface area contributed by atoms with Crippen LogP contribution >= 0.6 is 0 Å². The minimum absolute atomic E-state index is 0.215. The van der Waals surface area contributed by atoms with E-state index in [1.807, 2.05) is 43.3 Å². The van der Waals surface area contributed by atoms with Gasteiger partial charge in [-0.05, 0) is 60.9 Å². The molecule has 0 aliphatic rings. The van der Waals surface area contributed by atoms with Gasteiger partial charge in [0.2, 0.25) is 9.84 Å². The Morgan fingerprint density at radius 1 is 0.800 bits per heavy atom. The quantitative estimate of drug-likeness (QED) is 0.144. The molecule has 176 valence electrons. The Balaban J connectivity index is 1.68. The average molecular weight is 488 g/mol. The second-order valence-corrected chi connectivity index (χ2v) is 9.85. The number of para-hydroxylation sites is 1. The number of hydrogen-bond donors (Lipinski definition) is 0. The van der Waals surface area contributed by atoms with Crippen LogP contribution in [-0.4, -0.2) is 19.3 Å². The molecule has 0 heterocycles. The second kappa shape index (κ2) is 9.52. The van der Waals surface area contributed by atoms with Gasteiger partial charge in [0.05, 0.1) is 15.4 Å². The van der Waals surface area contributed by atoms with Crippen LogP contribution in [0.1, 0.15) is 21.5 Å². The van der Waals surface area contributed by atoms with Gasteiger partial charge >= 0.3 is 5.97 Å². The Morgan fingerprint density at radius 3 is 2.06 bits per heavy atom. The molecule has 0 saturated carbocycles. The number of sulfone groups is 1. The first-order chi connectivity index (χ1) is 16.7. The molecule has 0 aromatic heterocycles. The predicted molar refractivity (Wildman–Crippen MR) is 131 cm³/mol. The van der Waals surface area contributed by atoms with Gasteiger partial charge in [0, 0.05) is 6.07 Å². The lowest BCUT2D eigenvalue weighted by Gasteiger charge is -2.13. The molecule has 0 aliphatic heterocycles. The maximum absolute atomic E-state index is 13.3. The van der Waals surface area contributed by atoms with Crippen molar-refractivity contribution < 1.29 is 22.9 Å². The lowest BCUT2D eigenvalue weighted by molar-refractivity contribution is -0.387. The van der Waals surface area contributed by atoms with Crippen LogP contribution in [0.15, 0.2) is 101 Å². The van der Waals surface area contributed by atoms with E-state index >= 15 is 0 Å². The summed E-state index contributed by atoms with van der Waals surface area (Å²) in [5, 5.41) is 11.4. The highest BCUT2D eigenvalue weighted by Crippen LogP contribution is 2.32. The zero-order chi connectivity index (χ0) is 25.2. The standard InChI is InChI=1S/C27H21NO6S/c1-18-11-13-20(14-12-18)21-15-16-24(19(2)17-21)34-27(29)22-7-3-5-9-25(22)35(32,33)26-10-6-4-8-23(26)28(30)31/h3-17H,1-2H3. The molecule has 0 spiro atoms. The van der Waals surface area contributed by atoms with Gasteiger partial charge in [0.1, 0.15) is 10.6 Å². The monoisotopic (exact) mass is 487 g/mol. The summed E-state index contributed by atoms with van der Waals surface area (Å²) in [5.41, 5.74) is 3.01. The van der Waals surface area contributed by atoms with Crippen molar-refractivity contribution in [2.24, 2.45) is 0 Å². The third-order valence-electron chi connectivity index (χ3n) is 5.51. The second-order valence-electron chi connectivity index (χ2n) is 7.96. The van der Waals surface area contributed by atoms with E-state index in [4.69, 9.17) is 4.74 Å². The Bertz CT molecular complexity index is 1540. The molecule has 0 amide bonds. The van der Waals surface area contributed by atoms with Crippen molar-refractivity contribution >= 4 is 21.5 Å². The largest absolute Gasteiger partial charge is 0.423 e. The van der Waals surface area contributed by atoms with Crippen molar-refractivity contribution in [2.75, 3.05) is 0 Å². The maximum atomic E-state index is 13.3. The smallest absolute Gasteiger partial charge is 0.344 e. The third kappa shape index (κ3) is 4.83. The van der Waals surface area contributed by atoms with Crippen LogP contribution in [0.4, 0.5) is 5.69 Å². The molecule has 4 aromatic carbocycles. The van der Waals surface area contributed by atoms with Crippen LogP contribution in [0.3, 0.4) is 0 Å². The highest BCUT2D eigenvalue weighted by Gasteiger charge is 2.31. The molecule has 4 aromatic rings. The fraction of sp³-hybridized carbons (Fsp3) is 0.0741. The van der Waals surface area contributed by atoms with Crippen molar-refractivity contribution in [3.05, 3.63) is 118 Å². The highest BCUT2D eigenvalue weighted by atomic mass is 32.2. The molecular weight excluding hydrogens is 466 g/mol. The number of nitrogens with zero attached hydrogens (tertiary/aromatic N) is 1. The summed E-state index contributed by atoms with van der Waals surface area (Å²) in [6, 6.07) is 23.9. The number of aryl methyl sites for hydroxylation is 2. The highest BCUT2D eigenvalue weighted by molar-refractivity contribution is 7.91. The zero-order valence-corrected chi connectivity index (χ0v) is 19.8. The van der Waals surface area contributed by atoms with Gasteiger partial charge in [-0.3, -0.25) is 10.1 Å². The summed E-state index contributed by atoms with van der Waals surface area (Å²) in [4.78, 5) is 22.8. The molecule has 0 unspecified atom stereocenters. The summed E-state index contributed by atoms with van der Waals surface area (Å²) in [6.45, 7) is 3.79. The average Bonchev–Trinajstić information content (AvgIpc) is 2.85. The van der Waals surface area contributed by atoms with Gasteiger partial charge in [-0.1, -0.05) is 60.2 Å². The topological polar surface area (TPSA) is 104 Å². The summed E-state index contributed by atoms with van der Waals surface area (Å²) >= 11 is 0. The fourth-order valence-electron chi connectivity index (χ4n) is 3.67. The molecule has 0 bridgehead atoms. The Hall–Kier alpha value is -4.30. The number of esters is 1. The van der Waals surface area contributed by atoms with Gasteiger partial charge in [0.25, 0.3) is 5.69 Å². The lowest BCUT2D eigenvalue weighted by atomic mass is 10.0. The number of rotatable bonds is 6. The van der Waals surface area contributed by atoms with E-state index < -0.39 is 31.3 Å². The minimum atomic E-state index is -4.38. The number of carbonyl (C=O) groups excluding carboxylic acids is 1. The van der Waals surface area contributed by atoms with E-state index in [9.17, 15) is 23.3 Å². The van der Waals surface area contributed by atoms with Gasteiger partial charge in [-0.25, -0.2) is 13.2 Å². The van der Waals surface area contributed by atoms with Crippen LogP contribution in [-0.2, 0) is 9.84 Å². The van der Waals surface area contributed by atoms with Crippen LogP contribution in [0.25, 0.3) is 11.1 Å². The summed E-state index contributed by atoms with van der Waals surface area (Å²) in [7, 11) is -4.38. The molecule has 0 atom stereocenters. The van der Waals surface area contributed by atoms with Crippen molar-refractivity contribution in [3.8, 4) is 16.9 Å². The molecule has 0 aliphatic carbocycles. The SMILES string of the molecule is Cc1ccc(-c2ccc(OC(=O)c3ccccc3S(=O)(=O)c3ccccc3[N+](=O)[O-])c(C)c2)cc1. The molecule has 0 N–H and O–H groups in total.